The summed E-state index contributed by atoms with van der Waals surface area (Å²) in [5.41, 5.74) is 6.80. The average Bonchev–Trinajstić information content (AvgIpc) is 2.47. The second-order valence-electron chi connectivity index (χ2n) is 5.66. The third-order valence-electron chi connectivity index (χ3n) is 4.00. The van der Waals surface area contributed by atoms with E-state index in [9.17, 15) is 9.18 Å². The van der Waals surface area contributed by atoms with Crippen molar-refractivity contribution in [1.82, 2.24) is 4.90 Å². The highest BCUT2D eigenvalue weighted by Crippen LogP contribution is 2.22. The molecule has 1 saturated heterocycles. The van der Waals surface area contributed by atoms with Gasteiger partial charge in [-0.15, -0.1) is 0 Å². The number of carbonyl (C=O) groups excluding carboxylic acids is 1. The van der Waals surface area contributed by atoms with E-state index in [1.165, 1.54) is 6.07 Å². The molecule has 1 aromatic rings. The van der Waals surface area contributed by atoms with E-state index in [4.69, 9.17) is 10.5 Å². The van der Waals surface area contributed by atoms with Crippen LogP contribution >= 0.6 is 0 Å². The van der Waals surface area contributed by atoms with E-state index in [0.717, 1.165) is 37.9 Å². The number of ether oxygens (including phenoxy) is 1. The van der Waals surface area contributed by atoms with Gasteiger partial charge in [0.05, 0.1) is 6.61 Å². The molecule has 1 aliphatic heterocycles. The van der Waals surface area contributed by atoms with Crippen molar-refractivity contribution in [3.63, 3.8) is 0 Å². The molecule has 1 heterocycles. The van der Waals surface area contributed by atoms with E-state index >= 15 is 0 Å². The summed E-state index contributed by atoms with van der Waals surface area (Å²) in [5.74, 6) is 0.265. The summed E-state index contributed by atoms with van der Waals surface area (Å²) in [4.78, 5) is 13.9. The normalized spacial score (nSPS) is 17.8. The highest BCUT2D eigenvalue weighted by atomic mass is 19.1. The average molecular weight is 294 g/mol. The van der Waals surface area contributed by atoms with Crippen molar-refractivity contribution in [2.24, 2.45) is 11.7 Å². The van der Waals surface area contributed by atoms with Crippen molar-refractivity contribution in [1.29, 1.82) is 0 Å². The van der Waals surface area contributed by atoms with Gasteiger partial charge in [0.1, 0.15) is 11.9 Å². The van der Waals surface area contributed by atoms with E-state index < -0.39 is 6.04 Å². The molecule has 1 amide bonds. The lowest BCUT2D eigenvalue weighted by Gasteiger charge is -2.33. The molecule has 1 unspecified atom stereocenters. The first-order valence-electron chi connectivity index (χ1n) is 7.38. The Kier molecular flexibility index (Phi) is 5.70. The topological polar surface area (TPSA) is 55.6 Å². The molecule has 0 spiro atoms. The number of likely N-dealkylation sites (tertiary alicyclic amines) is 1. The van der Waals surface area contributed by atoms with Crippen LogP contribution in [-0.2, 0) is 16.0 Å². The standard InChI is InChI=1S/C16H23FN2O2/c1-21-11-15(18)16(20)19-7-5-12(6-8-19)9-13-3-2-4-14(17)10-13/h2-4,10,12,15H,5-9,11,18H2,1H3. The molecule has 1 aliphatic rings. The van der Waals surface area contributed by atoms with Crippen molar-refractivity contribution < 1.29 is 13.9 Å². The van der Waals surface area contributed by atoms with Gasteiger partial charge in [-0.05, 0) is 42.9 Å². The van der Waals surface area contributed by atoms with Gasteiger partial charge in [-0.2, -0.15) is 0 Å². The fraction of sp³-hybridized carbons (Fsp3) is 0.562. The van der Waals surface area contributed by atoms with Crippen LogP contribution in [0, 0.1) is 11.7 Å². The van der Waals surface area contributed by atoms with Gasteiger partial charge in [-0.25, -0.2) is 4.39 Å². The van der Waals surface area contributed by atoms with E-state index in [1.807, 2.05) is 11.0 Å². The van der Waals surface area contributed by atoms with E-state index in [2.05, 4.69) is 0 Å². The van der Waals surface area contributed by atoms with Crippen LogP contribution in [0.5, 0.6) is 0 Å². The fourth-order valence-corrected chi connectivity index (χ4v) is 2.84. The SMILES string of the molecule is COCC(N)C(=O)N1CCC(Cc2cccc(F)c2)CC1. The minimum Gasteiger partial charge on any atom is -0.383 e. The van der Waals surface area contributed by atoms with Crippen LogP contribution in [0.4, 0.5) is 4.39 Å². The third-order valence-corrected chi connectivity index (χ3v) is 4.00. The largest absolute Gasteiger partial charge is 0.383 e. The number of nitrogens with two attached hydrogens (primary N) is 1. The zero-order valence-electron chi connectivity index (χ0n) is 12.4. The van der Waals surface area contributed by atoms with Crippen LogP contribution in [0.25, 0.3) is 0 Å². The van der Waals surface area contributed by atoms with Gasteiger partial charge in [0.2, 0.25) is 5.91 Å². The van der Waals surface area contributed by atoms with E-state index in [-0.39, 0.29) is 18.3 Å². The first-order valence-corrected chi connectivity index (χ1v) is 7.38. The van der Waals surface area contributed by atoms with Crippen molar-refractivity contribution >= 4 is 5.91 Å². The molecule has 0 bridgehead atoms. The number of rotatable bonds is 5. The molecule has 116 valence electrons. The lowest BCUT2D eigenvalue weighted by Crippen LogP contribution is -2.49. The molecule has 0 saturated carbocycles. The lowest BCUT2D eigenvalue weighted by atomic mass is 9.90. The summed E-state index contributed by atoms with van der Waals surface area (Å²) >= 11 is 0. The minimum atomic E-state index is -0.574. The van der Waals surface area contributed by atoms with Crippen molar-refractivity contribution in [3.05, 3.63) is 35.6 Å². The Hall–Kier alpha value is -1.46. The summed E-state index contributed by atoms with van der Waals surface area (Å²) < 4.78 is 18.1. The maximum absolute atomic E-state index is 13.2. The Labute approximate surface area is 125 Å². The van der Waals surface area contributed by atoms with Crippen LogP contribution in [0.2, 0.25) is 0 Å². The smallest absolute Gasteiger partial charge is 0.241 e. The van der Waals surface area contributed by atoms with E-state index in [1.54, 1.807) is 19.2 Å². The molecule has 1 fully saturated rings. The number of nitrogens with zero attached hydrogens (tertiary/aromatic N) is 1. The van der Waals surface area contributed by atoms with Crippen LogP contribution in [0.3, 0.4) is 0 Å². The van der Waals surface area contributed by atoms with Gasteiger partial charge in [0, 0.05) is 20.2 Å². The molecule has 21 heavy (non-hydrogen) atoms. The maximum Gasteiger partial charge on any atom is 0.241 e. The fourth-order valence-electron chi connectivity index (χ4n) is 2.84. The Morgan fingerprint density at radius 3 is 2.81 bits per heavy atom. The Morgan fingerprint density at radius 1 is 1.48 bits per heavy atom. The molecule has 0 aromatic heterocycles. The van der Waals surface area contributed by atoms with Crippen LogP contribution < -0.4 is 5.73 Å². The highest BCUT2D eigenvalue weighted by Gasteiger charge is 2.26. The zero-order chi connectivity index (χ0) is 15.2. The molecule has 1 atom stereocenters. The third kappa shape index (κ3) is 4.51. The minimum absolute atomic E-state index is 0.0407. The summed E-state index contributed by atoms with van der Waals surface area (Å²) in [7, 11) is 1.54. The van der Waals surface area contributed by atoms with Crippen molar-refractivity contribution in [2.75, 3.05) is 26.8 Å². The Morgan fingerprint density at radius 2 is 2.19 bits per heavy atom. The number of benzene rings is 1. The number of halogens is 1. The van der Waals surface area contributed by atoms with Gasteiger partial charge < -0.3 is 15.4 Å². The highest BCUT2D eigenvalue weighted by molar-refractivity contribution is 5.81. The molecule has 4 nitrogen and oxygen atoms in total. The molecule has 2 rings (SSSR count). The predicted octanol–water partition coefficient (Wildman–Crippen LogP) is 1.58. The van der Waals surface area contributed by atoms with Crippen molar-refractivity contribution in [3.8, 4) is 0 Å². The van der Waals surface area contributed by atoms with Crippen LogP contribution in [0.15, 0.2) is 24.3 Å². The van der Waals surface area contributed by atoms with Gasteiger partial charge in [0.15, 0.2) is 0 Å². The van der Waals surface area contributed by atoms with Gasteiger partial charge >= 0.3 is 0 Å². The Balaban J connectivity index is 1.82. The van der Waals surface area contributed by atoms with Crippen molar-refractivity contribution in [2.45, 2.75) is 25.3 Å². The molecule has 0 aliphatic carbocycles. The molecular formula is C16H23FN2O2. The summed E-state index contributed by atoms with van der Waals surface area (Å²) in [6.45, 7) is 1.69. The molecular weight excluding hydrogens is 271 g/mol. The number of hydrogen-bond donors (Lipinski definition) is 1. The zero-order valence-corrected chi connectivity index (χ0v) is 12.4. The molecule has 5 heteroatoms. The summed E-state index contributed by atoms with van der Waals surface area (Å²) in [6, 6.07) is 6.17. The second kappa shape index (κ2) is 7.52. The van der Waals surface area contributed by atoms with Gasteiger partial charge in [0.25, 0.3) is 0 Å². The molecule has 0 radical (unpaired) electrons. The first-order chi connectivity index (χ1) is 10.1. The summed E-state index contributed by atoms with van der Waals surface area (Å²) in [5, 5.41) is 0. The summed E-state index contributed by atoms with van der Waals surface area (Å²) in [6.07, 6.45) is 2.73. The van der Waals surface area contributed by atoms with Gasteiger partial charge in [-0.3, -0.25) is 4.79 Å². The van der Waals surface area contributed by atoms with Crippen LogP contribution in [-0.4, -0.2) is 43.7 Å². The second-order valence-corrected chi connectivity index (χ2v) is 5.66. The van der Waals surface area contributed by atoms with Crippen LogP contribution in [0.1, 0.15) is 18.4 Å². The quantitative estimate of drug-likeness (QED) is 0.897. The molecule has 2 N–H and O–H groups in total. The van der Waals surface area contributed by atoms with E-state index in [0.29, 0.717) is 5.92 Å². The van der Waals surface area contributed by atoms with Gasteiger partial charge in [-0.1, -0.05) is 12.1 Å². The molecule has 1 aromatic carbocycles. The number of hydrogen-bond acceptors (Lipinski definition) is 3. The predicted molar refractivity (Wildman–Crippen MR) is 79.3 cm³/mol. The maximum atomic E-state index is 13.2. The number of piperidine rings is 1. The lowest BCUT2D eigenvalue weighted by molar-refractivity contribution is -0.135. The Bertz CT molecular complexity index is 473. The first kappa shape index (κ1) is 15.9. The number of carbonyl (C=O) groups is 1. The number of amides is 1. The monoisotopic (exact) mass is 294 g/mol. The number of methoxy groups -OCH3 is 1.